The lowest BCUT2D eigenvalue weighted by molar-refractivity contribution is -0.143. The van der Waals surface area contributed by atoms with Gasteiger partial charge in [-0.3, -0.25) is 9.59 Å². The Morgan fingerprint density at radius 2 is 1.91 bits per heavy atom. The molecule has 9 nitrogen and oxygen atoms in total. The van der Waals surface area contributed by atoms with Gasteiger partial charge in [0.15, 0.2) is 6.61 Å². The Bertz CT molecular complexity index is 1110. The third-order valence-corrected chi connectivity index (χ3v) is 5.78. The van der Waals surface area contributed by atoms with Crippen molar-refractivity contribution >= 4 is 28.8 Å². The number of carbonyl (C=O) groups is 3. The molecule has 1 aliphatic rings. The zero-order valence-electron chi connectivity index (χ0n) is 18.4. The average molecular weight is 444 g/mol. The number of benzene rings is 1. The number of carboxylic acids is 1. The number of aryl methyl sites for hydroxylation is 2. The van der Waals surface area contributed by atoms with Crippen molar-refractivity contribution in [2.24, 2.45) is 5.92 Å². The molecule has 9 heteroatoms. The molecule has 1 heterocycles. The number of rotatable bonds is 9. The Kier molecular flexibility index (Phi) is 7.17. The van der Waals surface area contributed by atoms with Crippen molar-refractivity contribution in [2.75, 3.05) is 13.2 Å². The van der Waals surface area contributed by atoms with Crippen LogP contribution >= 0.6 is 0 Å². The monoisotopic (exact) mass is 444 g/mol. The molecule has 2 atom stereocenters. The number of fused-ring (bicyclic) bond motifs is 3. The van der Waals surface area contributed by atoms with Gasteiger partial charge in [-0.2, -0.15) is 0 Å². The van der Waals surface area contributed by atoms with E-state index in [1.165, 1.54) is 0 Å². The fourth-order valence-corrected chi connectivity index (χ4v) is 3.90. The molecule has 32 heavy (non-hydrogen) atoms. The van der Waals surface area contributed by atoms with Crippen molar-refractivity contribution < 1.29 is 28.6 Å². The molecule has 0 unspecified atom stereocenters. The van der Waals surface area contributed by atoms with Gasteiger partial charge in [0.1, 0.15) is 17.4 Å². The Morgan fingerprint density at radius 3 is 2.59 bits per heavy atom. The number of aliphatic carboxylic acids is 1. The van der Waals surface area contributed by atoms with Crippen molar-refractivity contribution in [3.8, 4) is 5.75 Å². The maximum atomic E-state index is 12.2. The Hall–Kier alpha value is -3.36. The van der Waals surface area contributed by atoms with Crippen LogP contribution in [0.1, 0.15) is 43.4 Å². The van der Waals surface area contributed by atoms with E-state index in [1.54, 1.807) is 19.1 Å². The topological polar surface area (TPSA) is 135 Å². The average Bonchev–Trinajstić information content (AvgIpc) is 3.23. The molecule has 0 aliphatic heterocycles. The first-order valence-electron chi connectivity index (χ1n) is 10.7. The van der Waals surface area contributed by atoms with Crippen LogP contribution in [0.5, 0.6) is 5.75 Å². The van der Waals surface area contributed by atoms with Crippen LogP contribution in [0.2, 0.25) is 0 Å². The van der Waals surface area contributed by atoms with E-state index in [4.69, 9.17) is 9.15 Å². The lowest BCUT2D eigenvalue weighted by Gasteiger charge is -2.20. The standard InChI is InChI=1S/C23H28N2O7/c1-4-13(3)21(22(28)29)25-18(26)10-24-19(27)11-31-16-8-12(2)9-17-20(16)14-6-5-7-15(14)23(30)32-17/h8-9,13,21H,4-7,10-11H2,1-3H3,(H,24,27)(H,25,26)(H,28,29)/t13-,21+/m1/s1. The molecule has 1 aromatic carbocycles. The molecule has 2 amide bonds. The summed E-state index contributed by atoms with van der Waals surface area (Å²) in [6.07, 6.45) is 2.84. The van der Waals surface area contributed by atoms with Crippen LogP contribution in [-0.2, 0) is 27.2 Å². The SMILES string of the molecule is CC[C@@H](C)[C@H](NC(=O)CNC(=O)COc1cc(C)cc2oc(=O)c3c(c12)CCC3)C(=O)O. The minimum atomic E-state index is -1.12. The number of carboxylic acid groups (broad SMARTS) is 1. The van der Waals surface area contributed by atoms with Crippen molar-refractivity contribution in [1.29, 1.82) is 0 Å². The maximum absolute atomic E-state index is 12.2. The van der Waals surface area contributed by atoms with Gasteiger partial charge in [-0.05, 0) is 55.4 Å². The van der Waals surface area contributed by atoms with Gasteiger partial charge in [0.25, 0.3) is 5.91 Å². The van der Waals surface area contributed by atoms with Crippen molar-refractivity contribution in [2.45, 2.75) is 52.5 Å². The van der Waals surface area contributed by atoms with E-state index in [0.717, 1.165) is 24.0 Å². The zero-order valence-corrected chi connectivity index (χ0v) is 18.4. The van der Waals surface area contributed by atoms with E-state index in [0.29, 0.717) is 35.1 Å². The quantitative estimate of drug-likeness (QED) is 0.501. The Labute approximate surface area is 185 Å². The molecule has 172 valence electrons. The van der Waals surface area contributed by atoms with Crippen LogP contribution < -0.4 is 21.0 Å². The third-order valence-electron chi connectivity index (χ3n) is 5.78. The van der Waals surface area contributed by atoms with E-state index in [1.807, 2.05) is 13.8 Å². The minimum absolute atomic E-state index is 0.244. The summed E-state index contributed by atoms with van der Waals surface area (Å²) in [5, 5.41) is 14.8. The molecule has 0 saturated heterocycles. The predicted octanol–water partition coefficient (Wildman–Crippen LogP) is 1.70. The van der Waals surface area contributed by atoms with Gasteiger partial charge in [0, 0.05) is 5.56 Å². The second kappa shape index (κ2) is 9.84. The molecule has 0 spiro atoms. The maximum Gasteiger partial charge on any atom is 0.339 e. The molecule has 3 N–H and O–H groups in total. The van der Waals surface area contributed by atoms with Crippen LogP contribution in [-0.4, -0.2) is 42.1 Å². The number of nitrogens with one attached hydrogen (secondary N) is 2. The van der Waals surface area contributed by atoms with E-state index in [-0.39, 0.29) is 24.7 Å². The summed E-state index contributed by atoms with van der Waals surface area (Å²) in [5.41, 5.74) is 2.47. The highest BCUT2D eigenvalue weighted by Gasteiger charge is 2.25. The van der Waals surface area contributed by atoms with Crippen molar-refractivity contribution in [3.63, 3.8) is 0 Å². The van der Waals surface area contributed by atoms with Gasteiger partial charge in [0.05, 0.1) is 11.9 Å². The van der Waals surface area contributed by atoms with Crippen molar-refractivity contribution in [1.82, 2.24) is 10.6 Å². The van der Waals surface area contributed by atoms with Gasteiger partial charge in [-0.25, -0.2) is 9.59 Å². The summed E-state index contributed by atoms with van der Waals surface area (Å²) in [7, 11) is 0. The summed E-state index contributed by atoms with van der Waals surface area (Å²) < 4.78 is 11.2. The molecule has 2 aromatic rings. The van der Waals surface area contributed by atoms with E-state index in [2.05, 4.69) is 10.6 Å². The molecule has 0 radical (unpaired) electrons. The fraction of sp³-hybridized carbons (Fsp3) is 0.478. The third kappa shape index (κ3) is 5.09. The van der Waals surface area contributed by atoms with E-state index in [9.17, 15) is 24.3 Å². The number of amides is 2. The minimum Gasteiger partial charge on any atom is -0.483 e. The number of carbonyl (C=O) groups excluding carboxylic acids is 2. The highest BCUT2D eigenvalue weighted by molar-refractivity contribution is 5.90. The summed E-state index contributed by atoms with van der Waals surface area (Å²) in [5.74, 6) is -2.03. The highest BCUT2D eigenvalue weighted by atomic mass is 16.5. The Balaban J connectivity index is 1.64. The first-order valence-corrected chi connectivity index (χ1v) is 10.7. The van der Waals surface area contributed by atoms with Crippen LogP contribution in [0, 0.1) is 12.8 Å². The second-order valence-corrected chi connectivity index (χ2v) is 8.17. The molecule has 0 saturated carbocycles. The summed E-state index contributed by atoms with van der Waals surface area (Å²) in [4.78, 5) is 47.8. The Morgan fingerprint density at radius 1 is 1.19 bits per heavy atom. The lowest BCUT2D eigenvalue weighted by atomic mass is 9.99. The predicted molar refractivity (Wildman–Crippen MR) is 117 cm³/mol. The first-order chi connectivity index (χ1) is 15.2. The van der Waals surface area contributed by atoms with Gasteiger partial charge in [0.2, 0.25) is 5.91 Å². The molecular weight excluding hydrogens is 416 g/mol. The molecule has 3 rings (SSSR count). The summed E-state index contributed by atoms with van der Waals surface area (Å²) in [6, 6.07) is 2.53. The van der Waals surface area contributed by atoms with E-state index < -0.39 is 23.8 Å². The molecular formula is C23H28N2O7. The van der Waals surface area contributed by atoms with Gasteiger partial charge >= 0.3 is 11.6 Å². The van der Waals surface area contributed by atoms with Gasteiger partial charge < -0.3 is 24.9 Å². The largest absolute Gasteiger partial charge is 0.483 e. The number of hydrogen-bond donors (Lipinski definition) is 3. The second-order valence-electron chi connectivity index (χ2n) is 8.17. The lowest BCUT2D eigenvalue weighted by Crippen LogP contribution is -2.48. The molecule has 0 fully saturated rings. The summed E-state index contributed by atoms with van der Waals surface area (Å²) >= 11 is 0. The van der Waals surface area contributed by atoms with Crippen LogP contribution in [0.25, 0.3) is 11.0 Å². The molecule has 0 bridgehead atoms. The normalized spacial score (nSPS) is 14.5. The molecule has 1 aliphatic carbocycles. The number of hydrogen-bond acceptors (Lipinski definition) is 6. The van der Waals surface area contributed by atoms with E-state index >= 15 is 0 Å². The van der Waals surface area contributed by atoms with Crippen LogP contribution in [0.15, 0.2) is 21.3 Å². The highest BCUT2D eigenvalue weighted by Crippen LogP contribution is 2.35. The molecule has 1 aromatic heterocycles. The first kappa shape index (κ1) is 23.3. The van der Waals surface area contributed by atoms with Crippen LogP contribution in [0.4, 0.5) is 0 Å². The van der Waals surface area contributed by atoms with Gasteiger partial charge in [-0.1, -0.05) is 20.3 Å². The van der Waals surface area contributed by atoms with Crippen LogP contribution in [0.3, 0.4) is 0 Å². The van der Waals surface area contributed by atoms with Crippen molar-refractivity contribution in [3.05, 3.63) is 39.2 Å². The smallest absolute Gasteiger partial charge is 0.339 e. The summed E-state index contributed by atoms with van der Waals surface area (Å²) in [6.45, 7) is 4.70. The zero-order chi connectivity index (χ0) is 23.4. The van der Waals surface area contributed by atoms with Gasteiger partial charge in [-0.15, -0.1) is 0 Å². The number of ether oxygens (including phenoxy) is 1. The fourth-order valence-electron chi connectivity index (χ4n) is 3.90.